The van der Waals surface area contributed by atoms with Crippen LogP contribution in [0.15, 0.2) is 6.07 Å². The maximum absolute atomic E-state index is 5.70. The van der Waals surface area contributed by atoms with E-state index in [1.807, 2.05) is 0 Å². The van der Waals surface area contributed by atoms with Gasteiger partial charge in [0.1, 0.15) is 0 Å². The molecule has 0 spiro atoms. The fraction of sp³-hybridized carbons (Fsp3) is 0.786. The van der Waals surface area contributed by atoms with Gasteiger partial charge < -0.3 is 10.1 Å². The molecule has 1 saturated heterocycles. The zero-order valence-electron chi connectivity index (χ0n) is 11.8. The van der Waals surface area contributed by atoms with Crippen LogP contribution < -0.4 is 5.32 Å². The number of rotatable bonds is 6. The van der Waals surface area contributed by atoms with Crippen molar-refractivity contribution in [2.45, 2.75) is 65.3 Å². The maximum atomic E-state index is 5.70. The van der Waals surface area contributed by atoms with Crippen LogP contribution in [0.1, 0.15) is 45.0 Å². The zero-order valence-corrected chi connectivity index (χ0v) is 11.8. The van der Waals surface area contributed by atoms with Crippen LogP contribution >= 0.6 is 0 Å². The van der Waals surface area contributed by atoms with Gasteiger partial charge in [-0.25, -0.2) is 0 Å². The third-order valence-corrected chi connectivity index (χ3v) is 3.70. The number of hydrogen-bond acceptors (Lipinski definition) is 3. The molecule has 1 aromatic rings. The van der Waals surface area contributed by atoms with Crippen molar-refractivity contribution in [1.29, 1.82) is 0 Å². The molecule has 0 saturated carbocycles. The molecular weight excluding hydrogens is 226 g/mol. The molecule has 1 aliphatic heterocycles. The molecule has 2 heterocycles. The third kappa shape index (κ3) is 3.12. The largest absolute Gasteiger partial charge is 0.377 e. The third-order valence-electron chi connectivity index (χ3n) is 3.70. The first-order valence-corrected chi connectivity index (χ1v) is 7.15. The summed E-state index contributed by atoms with van der Waals surface area (Å²) in [7, 11) is 0. The summed E-state index contributed by atoms with van der Waals surface area (Å²) in [5.41, 5.74) is 2.46. The second kappa shape index (κ2) is 6.34. The number of nitrogens with zero attached hydrogens (tertiary/aromatic N) is 2. The first kappa shape index (κ1) is 13.6. The molecule has 18 heavy (non-hydrogen) atoms. The predicted molar refractivity (Wildman–Crippen MR) is 72.6 cm³/mol. The van der Waals surface area contributed by atoms with Gasteiger partial charge >= 0.3 is 0 Å². The van der Waals surface area contributed by atoms with Crippen LogP contribution in [0.2, 0.25) is 0 Å². The summed E-state index contributed by atoms with van der Waals surface area (Å²) in [6.07, 6.45) is 3.76. The van der Waals surface area contributed by atoms with Gasteiger partial charge in [-0.2, -0.15) is 5.10 Å². The summed E-state index contributed by atoms with van der Waals surface area (Å²) in [6.45, 7) is 9.23. The van der Waals surface area contributed by atoms with Crippen LogP contribution in [0.4, 0.5) is 0 Å². The molecular formula is C14H25N3O. The van der Waals surface area contributed by atoms with Crippen molar-refractivity contribution < 1.29 is 4.74 Å². The molecule has 0 radical (unpaired) electrons. The van der Waals surface area contributed by atoms with Crippen LogP contribution in [-0.2, 0) is 24.2 Å². The molecule has 4 heteroatoms. The predicted octanol–water partition coefficient (Wildman–Crippen LogP) is 2.12. The van der Waals surface area contributed by atoms with Crippen molar-refractivity contribution >= 4 is 0 Å². The Hall–Kier alpha value is -0.870. The van der Waals surface area contributed by atoms with E-state index in [1.165, 1.54) is 24.2 Å². The van der Waals surface area contributed by atoms with E-state index in [2.05, 4.69) is 41.9 Å². The van der Waals surface area contributed by atoms with Gasteiger partial charge in [0.15, 0.2) is 0 Å². The van der Waals surface area contributed by atoms with E-state index in [4.69, 9.17) is 4.74 Å². The van der Waals surface area contributed by atoms with Gasteiger partial charge in [-0.1, -0.05) is 6.92 Å². The van der Waals surface area contributed by atoms with Gasteiger partial charge in [0, 0.05) is 25.7 Å². The smallest absolute Gasteiger partial charge is 0.0726 e. The van der Waals surface area contributed by atoms with Gasteiger partial charge in [0.25, 0.3) is 0 Å². The van der Waals surface area contributed by atoms with E-state index in [9.17, 15) is 0 Å². The quantitative estimate of drug-likeness (QED) is 0.842. The van der Waals surface area contributed by atoms with Crippen LogP contribution in [0, 0.1) is 0 Å². The minimum Gasteiger partial charge on any atom is -0.377 e. The average Bonchev–Trinajstić information content (AvgIpc) is 3.04. The molecule has 2 rings (SSSR count). The Balaban J connectivity index is 1.90. The van der Waals surface area contributed by atoms with E-state index in [-0.39, 0.29) is 0 Å². The lowest BCUT2D eigenvalue weighted by atomic mass is 10.1. The fourth-order valence-corrected chi connectivity index (χ4v) is 2.50. The highest BCUT2D eigenvalue weighted by Crippen LogP contribution is 2.16. The van der Waals surface area contributed by atoms with Gasteiger partial charge in [-0.05, 0) is 39.2 Å². The lowest BCUT2D eigenvalue weighted by Gasteiger charge is -2.20. The highest BCUT2D eigenvalue weighted by Gasteiger charge is 2.22. The van der Waals surface area contributed by atoms with Crippen molar-refractivity contribution in [3.8, 4) is 0 Å². The lowest BCUT2D eigenvalue weighted by Crippen LogP contribution is -2.36. The molecule has 1 aliphatic rings. The topological polar surface area (TPSA) is 39.1 Å². The normalized spacial score (nSPS) is 21.4. The minimum atomic E-state index is 0.383. The van der Waals surface area contributed by atoms with Gasteiger partial charge in [0.05, 0.1) is 17.5 Å². The molecule has 0 bridgehead atoms. The standard InChI is InChI=1S/C14H25N3O/c1-4-12-9-13(17(5-2)16-12)10-15-11(3)14-7-6-8-18-14/h9,11,14-15H,4-8,10H2,1-3H3. The van der Waals surface area contributed by atoms with Crippen molar-refractivity contribution in [3.05, 3.63) is 17.5 Å². The highest BCUT2D eigenvalue weighted by molar-refractivity contribution is 5.10. The molecule has 1 fully saturated rings. The maximum Gasteiger partial charge on any atom is 0.0726 e. The highest BCUT2D eigenvalue weighted by atomic mass is 16.5. The molecule has 1 aromatic heterocycles. The Labute approximate surface area is 110 Å². The van der Waals surface area contributed by atoms with E-state index < -0.39 is 0 Å². The molecule has 102 valence electrons. The molecule has 0 aromatic carbocycles. The monoisotopic (exact) mass is 251 g/mol. The first-order valence-electron chi connectivity index (χ1n) is 7.15. The Morgan fingerprint density at radius 2 is 2.39 bits per heavy atom. The Kier molecular flexibility index (Phi) is 4.78. The van der Waals surface area contributed by atoms with Crippen LogP contribution in [0.5, 0.6) is 0 Å². The fourth-order valence-electron chi connectivity index (χ4n) is 2.50. The Morgan fingerprint density at radius 3 is 3.00 bits per heavy atom. The van der Waals surface area contributed by atoms with Crippen molar-refractivity contribution in [2.24, 2.45) is 0 Å². The summed E-state index contributed by atoms with van der Waals surface area (Å²) in [4.78, 5) is 0. The number of ether oxygens (including phenoxy) is 1. The van der Waals surface area contributed by atoms with E-state index in [0.717, 1.165) is 26.1 Å². The molecule has 1 N–H and O–H groups in total. The van der Waals surface area contributed by atoms with Crippen molar-refractivity contribution in [2.75, 3.05) is 6.61 Å². The summed E-state index contributed by atoms with van der Waals surface area (Å²) in [5, 5.41) is 8.14. The number of nitrogens with one attached hydrogen (secondary N) is 1. The minimum absolute atomic E-state index is 0.383. The van der Waals surface area contributed by atoms with Crippen molar-refractivity contribution in [1.82, 2.24) is 15.1 Å². The summed E-state index contributed by atoms with van der Waals surface area (Å²) in [6, 6.07) is 2.62. The van der Waals surface area contributed by atoms with E-state index in [0.29, 0.717) is 12.1 Å². The number of aromatic nitrogens is 2. The Morgan fingerprint density at radius 1 is 1.56 bits per heavy atom. The molecule has 0 aliphatic carbocycles. The van der Waals surface area contributed by atoms with Crippen molar-refractivity contribution in [3.63, 3.8) is 0 Å². The van der Waals surface area contributed by atoms with Crippen LogP contribution in [-0.4, -0.2) is 28.5 Å². The second-order valence-corrected chi connectivity index (χ2v) is 5.02. The summed E-state index contributed by atoms with van der Waals surface area (Å²) >= 11 is 0. The van der Waals surface area contributed by atoms with Gasteiger partial charge in [-0.15, -0.1) is 0 Å². The summed E-state index contributed by atoms with van der Waals surface area (Å²) < 4.78 is 7.79. The first-order chi connectivity index (χ1) is 8.74. The zero-order chi connectivity index (χ0) is 13.0. The van der Waals surface area contributed by atoms with Gasteiger partial charge in [-0.3, -0.25) is 4.68 Å². The van der Waals surface area contributed by atoms with E-state index >= 15 is 0 Å². The van der Waals surface area contributed by atoms with Gasteiger partial charge in [0.2, 0.25) is 0 Å². The lowest BCUT2D eigenvalue weighted by molar-refractivity contribution is 0.0829. The van der Waals surface area contributed by atoms with Crippen LogP contribution in [0.3, 0.4) is 0 Å². The molecule has 4 nitrogen and oxygen atoms in total. The molecule has 2 atom stereocenters. The number of hydrogen-bond donors (Lipinski definition) is 1. The van der Waals surface area contributed by atoms with E-state index in [1.54, 1.807) is 0 Å². The SMILES string of the molecule is CCc1cc(CNC(C)C2CCCO2)n(CC)n1. The van der Waals surface area contributed by atoms with Crippen LogP contribution in [0.25, 0.3) is 0 Å². The second-order valence-electron chi connectivity index (χ2n) is 5.02. The molecule has 2 unspecified atom stereocenters. The number of aryl methyl sites for hydroxylation is 2. The molecule has 0 amide bonds. The Bertz CT molecular complexity index is 369. The average molecular weight is 251 g/mol. The summed E-state index contributed by atoms with van der Waals surface area (Å²) in [5.74, 6) is 0.